The van der Waals surface area contributed by atoms with Crippen molar-refractivity contribution in [1.29, 1.82) is 0 Å². The van der Waals surface area contributed by atoms with Gasteiger partial charge in [0.15, 0.2) is 0 Å². The van der Waals surface area contributed by atoms with Gasteiger partial charge in [0.25, 0.3) is 0 Å². The molecule has 3 nitrogen and oxygen atoms in total. The SMILES string of the molecule is O=C(CNCCCC1CCCC1)Nc1cccc(Cl)c1. The number of halogens is 1. The number of carbonyl (C=O) groups is 1. The van der Waals surface area contributed by atoms with Crippen LogP contribution < -0.4 is 10.6 Å². The number of benzene rings is 1. The van der Waals surface area contributed by atoms with Crippen LogP contribution in [0.3, 0.4) is 0 Å². The van der Waals surface area contributed by atoms with Gasteiger partial charge in [0.05, 0.1) is 6.54 Å². The molecule has 2 rings (SSSR count). The fourth-order valence-electron chi connectivity index (χ4n) is 2.79. The van der Waals surface area contributed by atoms with E-state index in [1.807, 2.05) is 12.1 Å². The molecule has 0 unspecified atom stereocenters. The Bertz CT molecular complexity index is 430. The van der Waals surface area contributed by atoms with Crippen molar-refractivity contribution in [2.24, 2.45) is 5.92 Å². The summed E-state index contributed by atoms with van der Waals surface area (Å²) in [6.45, 7) is 1.27. The topological polar surface area (TPSA) is 41.1 Å². The van der Waals surface area contributed by atoms with E-state index in [9.17, 15) is 4.79 Å². The number of carbonyl (C=O) groups excluding carboxylic acids is 1. The Balaban J connectivity index is 1.55. The van der Waals surface area contributed by atoms with Gasteiger partial charge in [-0.2, -0.15) is 0 Å². The van der Waals surface area contributed by atoms with E-state index >= 15 is 0 Å². The van der Waals surface area contributed by atoms with E-state index in [-0.39, 0.29) is 5.91 Å². The molecule has 0 atom stereocenters. The van der Waals surface area contributed by atoms with Crippen LogP contribution in [0.5, 0.6) is 0 Å². The number of amides is 1. The van der Waals surface area contributed by atoms with Crippen LogP contribution in [0.4, 0.5) is 5.69 Å². The minimum absolute atomic E-state index is 0.0202. The van der Waals surface area contributed by atoms with E-state index in [1.54, 1.807) is 12.1 Å². The van der Waals surface area contributed by atoms with Crippen LogP contribution in [-0.4, -0.2) is 19.0 Å². The lowest BCUT2D eigenvalue weighted by atomic mass is 10.0. The molecule has 1 aliphatic carbocycles. The molecule has 0 aliphatic heterocycles. The summed E-state index contributed by atoms with van der Waals surface area (Å²) in [5.74, 6) is 0.908. The third-order valence-electron chi connectivity index (χ3n) is 3.83. The average molecular weight is 295 g/mol. The van der Waals surface area contributed by atoms with E-state index in [0.717, 1.165) is 24.6 Å². The lowest BCUT2D eigenvalue weighted by molar-refractivity contribution is -0.115. The van der Waals surface area contributed by atoms with E-state index < -0.39 is 0 Å². The fourth-order valence-corrected chi connectivity index (χ4v) is 2.98. The lowest BCUT2D eigenvalue weighted by Gasteiger charge is -2.09. The zero-order valence-electron chi connectivity index (χ0n) is 11.8. The quantitative estimate of drug-likeness (QED) is 0.750. The molecule has 1 amide bonds. The highest BCUT2D eigenvalue weighted by Crippen LogP contribution is 2.28. The Kier molecular flexibility index (Phi) is 6.34. The van der Waals surface area contributed by atoms with Crippen molar-refractivity contribution in [2.45, 2.75) is 38.5 Å². The van der Waals surface area contributed by atoms with Crippen molar-refractivity contribution >= 4 is 23.2 Å². The van der Waals surface area contributed by atoms with Crippen LogP contribution in [0.1, 0.15) is 38.5 Å². The molecule has 0 bridgehead atoms. The third kappa shape index (κ3) is 5.51. The smallest absolute Gasteiger partial charge is 0.238 e. The van der Waals surface area contributed by atoms with Gasteiger partial charge in [-0.15, -0.1) is 0 Å². The summed E-state index contributed by atoms with van der Waals surface area (Å²) < 4.78 is 0. The number of rotatable bonds is 7. The van der Waals surface area contributed by atoms with Crippen LogP contribution >= 0.6 is 11.6 Å². The normalized spacial score (nSPS) is 15.4. The first-order valence-electron chi connectivity index (χ1n) is 7.50. The lowest BCUT2D eigenvalue weighted by Crippen LogP contribution is -2.28. The Labute approximate surface area is 126 Å². The second kappa shape index (κ2) is 8.28. The number of anilines is 1. The molecule has 110 valence electrons. The van der Waals surface area contributed by atoms with E-state index in [1.165, 1.54) is 32.1 Å². The number of nitrogens with one attached hydrogen (secondary N) is 2. The van der Waals surface area contributed by atoms with Gasteiger partial charge in [-0.05, 0) is 43.5 Å². The second-order valence-electron chi connectivity index (χ2n) is 5.53. The first kappa shape index (κ1) is 15.3. The predicted octanol–water partition coefficient (Wildman–Crippen LogP) is 3.84. The molecule has 1 fully saturated rings. The summed E-state index contributed by atoms with van der Waals surface area (Å²) in [5.41, 5.74) is 0.746. The zero-order valence-corrected chi connectivity index (χ0v) is 12.6. The van der Waals surface area contributed by atoms with Crippen LogP contribution in [0.25, 0.3) is 0 Å². The van der Waals surface area contributed by atoms with E-state index in [0.29, 0.717) is 11.6 Å². The Morgan fingerprint density at radius 1 is 1.30 bits per heavy atom. The maximum atomic E-state index is 11.7. The molecule has 1 aromatic carbocycles. The van der Waals surface area contributed by atoms with Crippen molar-refractivity contribution in [3.05, 3.63) is 29.3 Å². The van der Waals surface area contributed by atoms with Crippen molar-refractivity contribution < 1.29 is 4.79 Å². The van der Waals surface area contributed by atoms with Crippen LogP contribution in [0, 0.1) is 5.92 Å². The zero-order chi connectivity index (χ0) is 14.2. The van der Waals surface area contributed by atoms with Crippen molar-refractivity contribution in [1.82, 2.24) is 5.32 Å². The van der Waals surface area contributed by atoms with Gasteiger partial charge >= 0.3 is 0 Å². The Morgan fingerprint density at radius 2 is 2.10 bits per heavy atom. The predicted molar refractivity (Wildman–Crippen MR) is 84.1 cm³/mol. The largest absolute Gasteiger partial charge is 0.325 e. The van der Waals surface area contributed by atoms with Crippen LogP contribution in [-0.2, 0) is 4.79 Å². The molecule has 0 saturated heterocycles. The van der Waals surface area contributed by atoms with Crippen molar-refractivity contribution in [3.63, 3.8) is 0 Å². The fraction of sp³-hybridized carbons (Fsp3) is 0.562. The summed E-state index contributed by atoms with van der Waals surface area (Å²) in [6, 6.07) is 7.20. The summed E-state index contributed by atoms with van der Waals surface area (Å²) in [6.07, 6.45) is 8.06. The standard InChI is InChI=1S/C16H23ClN2O/c17-14-8-3-9-15(11-14)19-16(20)12-18-10-4-7-13-5-1-2-6-13/h3,8-9,11,13,18H,1-2,4-7,10,12H2,(H,19,20). The van der Waals surface area contributed by atoms with Gasteiger partial charge in [-0.25, -0.2) is 0 Å². The molecule has 1 saturated carbocycles. The summed E-state index contributed by atoms with van der Waals surface area (Å²) >= 11 is 5.87. The molecular formula is C16H23ClN2O. The molecule has 0 aromatic heterocycles. The maximum Gasteiger partial charge on any atom is 0.238 e. The highest BCUT2D eigenvalue weighted by Gasteiger charge is 2.13. The summed E-state index contributed by atoms with van der Waals surface area (Å²) in [5, 5.41) is 6.66. The van der Waals surface area contributed by atoms with Gasteiger partial charge < -0.3 is 10.6 Å². The summed E-state index contributed by atoms with van der Waals surface area (Å²) in [7, 11) is 0. The van der Waals surface area contributed by atoms with Gasteiger partial charge in [0.1, 0.15) is 0 Å². The first-order chi connectivity index (χ1) is 9.74. The maximum absolute atomic E-state index is 11.7. The molecule has 0 radical (unpaired) electrons. The number of hydrogen-bond acceptors (Lipinski definition) is 2. The minimum atomic E-state index is -0.0202. The van der Waals surface area contributed by atoms with Gasteiger partial charge in [-0.3, -0.25) is 4.79 Å². The van der Waals surface area contributed by atoms with Gasteiger partial charge in [0.2, 0.25) is 5.91 Å². The third-order valence-corrected chi connectivity index (χ3v) is 4.07. The van der Waals surface area contributed by atoms with Crippen LogP contribution in [0.2, 0.25) is 5.02 Å². The Morgan fingerprint density at radius 3 is 2.85 bits per heavy atom. The van der Waals surface area contributed by atoms with Crippen molar-refractivity contribution in [3.8, 4) is 0 Å². The highest BCUT2D eigenvalue weighted by molar-refractivity contribution is 6.30. The van der Waals surface area contributed by atoms with Crippen LogP contribution in [0.15, 0.2) is 24.3 Å². The molecule has 1 aromatic rings. The molecular weight excluding hydrogens is 272 g/mol. The van der Waals surface area contributed by atoms with E-state index in [4.69, 9.17) is 11.6 Å². The van der Waals surface area contributed by atoms with Gasteiger partial charge in [0, 0.05) is 10.7 Å². The summed E-state index contributed by atoms with van der Waals surface area (Å²) in [4.78, 5) is 11.7. The molecule has 4 heteroatoms. The molecule has 20 heavy (non-hydrogen) atoms. The highest BCUT2D eigenvalue weighted by atomic mass is 35.5. The second-order valence-corrected chi connectivity index (χ2v) is 5.96. The molecule has 0 spiro atoms. The molecule has 1 aliphatic rings. The monoisotopic (exact) mass is 294 g/mol. The Hall–Kier alpha value is -1.06. The minimum Gasteiger partial charge on any atom is -0.325 e. The van der Waals surface area contributed by atoms with Gasteiger partial charge in [-0.1, -0.05) is 43.4 Å². The van der Waals surface area contributed by atoms with E-state index in [2.05, 4.69) is 10.6 Å². The van der Waals surface area contributed by atoms with Crippen molar-refractivity contribution in [2.75, 3.05) is 18.4 Å². The molecule has 2 N–H and O–H groups in total. The average Bonchev–Trinajstić information content (AvgIpc) is 2.91. The molecule has 0 heterocycles. The number of hydrogen-bond donors (Lipinski definition) is 2. The first-order valence-corrected chi connectivity index (χ1v) is 7.88.